The minimum Gasteiger partial charge on any atom is -0.496 e. The fourth-order valence-electron chi connectivity index (χ4n) is 2.43. The Balaban J connectivity index is 2.16. The van der Waals surface area contributed by atoms with Gasteiger partial charge in [0, 0.05) is 17.5 Å². The van der Waals surface area contributed by atoms with Crippen LogP contribution in [0.15, 0.2) is 12.1 Å². The Morgan fingerprint density at radius 1 is 1.47 bits per heavy atom. The molecule has 1 aliphatic heterocycles. The third-order valence-corrected chi connectivity index (χ3v) is 4.03. The molecular weight excluding hydrogens is 260 g/mol. The lowest BCUT2D eigenvalue weighted by Crippen LogP contribution is -2.05. The second-order valence-corrected chi connectivity index (χ2v) is 5.97. The Morgan fingerprint density at radius 2 is 2.26 bits per heavy atom. The average molecular weight is 276 g/mol. The first-order valence-corrected chi connectivity index (χ1v) is 7.01. The van der Waals surface area contributed by atoms with Crippen molar-refractivity contribution in [2.75, 3.05) is 12.8 Å². The van der Waals surface area contributed by atoms with Crippen LogP contribution < -0.4 is 15.2 Å². The number of ether oxygens (including phenoxy) is 2. The van der Waals surface area contributed by atoms with E-state index in [0.29, 0.717) is 5.00 Å². The predicted octanol–water partition coefficient (Wildman–Crippen LogP) is 3.03. The maximum absolute atomic E-state index is 6.03. The van der Waals surface area contributed by atoms with Gasteiger partial charge in [-0.2, -0.15) is 0 Å². The molecule has 0 radical (unpaired) electrons. The van der Waals surface area contributed by atoms with Crippen LogP contribution in [0.5, 0.6) is 11.5 Å². The third-order valence-electron chi connectivity index (χ3n) is 3.23. The Morgan fingerprint density at radius 3 is 2.89 bits per heavy atom. The summed E-state index contributed by atoms with van der Waals surface area (Å²) in [7, 11) is 1.67. The predicted molar refractivity (Wildman–Crippen MR) is 77.0 cm³/mol. The molecule has 2 heterocycles. The highest BCUT2D eigenvalue weighted by Crippen LogP contribution is 2.42. The van der Waals surface area contributed by atoms with Gasteiger partial charge in [0.05, 0.1) is 12.1 Å². The van der Waals surface area contributed by atoms with Crippen LogP contribution in [0.3, 0.4) is 0 Å². The minimum atomic E-state index is 0.212. The number of aryl methyl sites for hydroxylation is 1. The molecule has 1 atom stereocenters. The maximum Gasteiger partial charge on any atom is 0.128 e. The second kappa shape index (κ2) is 4.42. The molecule has 0 saturated heterocycles. The molecule has 2 N–H and O–H groups in total. The van der Waals surface area contributed by atoms with Crippen LogP contribution in [0.2, 0.25) is 0 Å². The van der Waals surface area contributed by atoms with E-state index in [9.17, 15) is 0 Å². The smallest absolute Gasteiger partial charge is 0.128 e. The number of nitrogens with two attached hydrogens (primary N) is 1. The second-order valence-electron chi connectivity index (χ2n) is 4.74. The average Bonchev–Trinajstić information content (AvgIpc) is 2.88. The maximum atomic E-state index is 6.03. The molecule has 0 saturated carbocycles. The zero-order chi connectivity index (χ0) is 13.6. The molecular formula is C14H16N2O2S. The summed E-state index contributed by atoms with van der Waals surface area (Å²) in [5.41, 5.74) is 8.89. The number of thiazole rings is 1. The molecule has 4 nitrogen and oxygen atoms in total. The SMILES string of the molecule is COc1cc2c(cc1-c1nc(C)sc1N)OC(C)C2. The van der Waals surface area contributed by atoms with Gasteiger partial charge < -0.3 is 15.2 Å². The topological polar surface area (TPSA) is 57.4 Å². The molecule has 1 unspecified atom stereocenters. The van der Waals surface area contributed by atoms with Crippen LogP contribution in [0.4, 0.5) is 5.00 Å². The molecule has 2 aromatic rings. The number of nitrogen functional groups attached to an aromatic ring is 1. The van der Waals surface area contributed by atoms with Crippen molar-refractivity contribution in [1.82, 2.24) is 4.98 Å². The number of methoxy groups -OCH3 is 1. The normalized spacial score (nSPS) is 17.1. The van der Waals surface area contributed by atoms with E-state index in [2.05, 4.69) is 11.9 Å². The van der Waals surface area contributed by atoms with Gasteiger partial charge >= 0.3 is 0 Å². The van der Waals surface area contributed by atoms with Gasteiger partial charge in [0.25, 0.3) is 0 Å². The van der Waals surface area contributed by atoms with Crippen LogP contribution in [-0.2, 0) is 6.42 Å². The van der Waals surface area contributed by atoms with E-state index in [1.807, 2.05) is 19.1 Å². The van der Waals surface area contributed by atoms with Crippen molar-refractivity contribution in [3.05, 3.63) is 22.7 Å². The summed E-state index contributed by atoms with van der Waals surface area (Å²) >= 11 is 1.49. The summed E-state index contributed by atoms with van der Waals surface area (Å²) in [5, 5.41) is 1.66. The lowest BCUT2D eigenvalue weighted by atomic mass is 10.0. The highest BCUT2D eigenvalue weighted by atomic mass is 32.1. The highest BCUT2D eigenvalue weighted by molar-refractivity contribution is 7.16. The number of anilines is 1. The summed E-state index contributed by atoms with van der Waals surface area (Å²) in [5.74, 6) is 1.71. The molecule has 1 aliphatic rings. The van der Waals surface area contributed by atoms with Gasteiger partial charge in [-0.15, -0.1) is 11.3 Å². The Kier molecular flexibility index (Phi) is 2.86. The number of benzene rings is 1. The fraction of sp³-hybridized carbons (Fsp3) is 0.357. The Hall–Kier alpha value is -1.75. The monoisotopic (exact) mass is 276 g/mol. The van der Waals surface area contributed by atoms with Crippen LogP contribution in [0.25, 0.3) is 11.3 Å². The molecule has 0 aliphatic carbocycles. The summed E-state index contributed by atoms with van der Waals surface area (Å²) < 4.78 is 11.3. The van der Waals surface area contributed by atoms with Crippen LogP contribution in [-0.4, -0.2) is 18.2 Å². The first-order chi connectivity index (χ1) is 9.08. The van der Waals surface area contributed by atoms with Gasteiger partial charge in [0.1, 0.15) is 28.3 Å². The van der Waals surface area contributed by atoms with E-state index in [1.54, 1.807) is 7.11 Å². The number of hydrogen-bond acceptors (Lipinski definition) is 5. The Bertz CT molecular complexity index is 637. The van der Waals surface area contributed by atoms with Crippen molar-refractivity contribution in [1.29, 1.82) is 0 Å². The molecule has 5 heteroatoms. The van der Waals surface area contributed by atoms with Gasteiger partial charge in [0.15, 0.2) is 0 Å². The number of nitrogens with zero attached hydrogens (tertiary/aromatic N) is 1. The largest absolute Gasteiger partial charge is 0.496 e. The summed E-state index contributed by atoms with van der Waals surface area (Å²) in [6, 6.07) is 4.02. The van der Waals surface area contributed by atoms with Crippen molar-refractivity contribution in [3.63, 3.8) is 0 Å². The van der Waals surface area contributed by atoms with Gasteiger partial charge in [-0.25, -0.2) is 4.98 Å². The number of aromatic nitrogens is 1. The molecule has 0 spiro atoms. The lowest BCUT2D eigenvalue weighted by molar-refractivity contribution is 0.254. The Labute approximate surface area is 116 Å². The summed E-state index contributed by atoms with van der Waals surface area (Å²) in [6.07, 6.45) is 1.13. The summed E-state index contributed by atoms with van der Waals surface area (Å²) in [6.45, 7) is 4.01. The molecule has 3 rings (SSSR count). The highest BCUT2D eigenvalue weighted by Gasteiger charge is 2.23. The van der Waals surface area contributed by atoms with Gasteiger partial charge in [0.2, 0.25) is 0 Å². The first-order valence-electron chi connectivity index (χ1n) is 6.19. The van der Waals surface area contributed by atoms with Gasteiger partial charge in [-0.3, -0.25) is 0 Å². The van der Waals surface area contributed by atoms with Crippen molar-refractivity contribution < 1.29 is 9.47 Å². The number of hydrogen-bond donors (Lipinski definition) is 1. The van der Waals surface area contributed by atoms with E-state index >= 15 is 0 Å². The summed E-state index contributed by atoms with van der Waals surface area (Å²) in [4.78, 5) is 4.49. The van der Waals surface area contributed by atoms with Gasteiger partial charge in [-0.05, 0) is 26.0 Å². The van der Waals surface area contributed by atoms with Crippen molar-refractivity contribution >= 4 is 16.3 Å². The quantitative estimate of drug-likeness (QED) is 0.916. The van der Waals surface area contributed by atoms with Crippen molar-refractivity contribution in [2.45, 2.75) is 26.4 Å². The number of fused-ring (bicyclic) bond motifs is 1. The molecule has 1 aromatic heterocycles. The van der Waals surface area contributed by atoms with Crippen LogP contribution >= 0.6 is 11.3 Å². The third kappa shape index (κ3) is 2.04. The van der Waals surface area contributed by atoms with Crippen molar-refractivity contribution in [3.8, 4) is 22.8 Å². The molecule has 100 valence electrons. The van der Waals surface area contributed by atoms with E-state index in [-0.39, 0.29) is 6.10 Å². The zero-order valence-electron chi connectivity index (χ0n) is 11.2. The molecule has 19 heavy (non-hydrogen) atoms. The van der Waals surface area contributed by atoms with Crippen LogP contribution in [0, 0.1) is 6.92 Å². The zero-order valence-corrected chi connectivity index (χ0v) is 12.0. The standard InChI is InChI=1S/C14H16N2O2S/c1-7-4-9-5-12(17-3)10(6-11(9)18-7)13-14(15)19-8(2)16-13/h5-7H,4,15H2,1-3H3. The van der Waals surface area contributed by atoms with E-state index in [1.165, 1.54) is 16.9 Å². The molecule has 0 amide bonds. The lowest BCUT2D eigenvalue weighted by Gasteiger charge is -2.10. The number of rotatable bonds is 2. The van der Waals surface area contributed by atoms with Gasteiger partial charge in [-0.1, -0.05) is 0 Å². The minimum absolute atomic E-state index is 0.212. The fourth-order valence-corrected chi connectivity index (χ4v) is 3.14. The molecule has 1 aromatic carbocycles. The van der Waals surface area contributed by atoms with E-state index in [0.717, 1.165) is 34.2 Å². The van der Waals surface area contributed by atoms with E-state index in [4.69, 9.17) is 15.2 Å². The van der Waals surface area contributed by atoms with Crippen molar-refractivity contribution in [2.24, 2.45) is 0 Å². The first kappa shape index (κ1) is 12.3. The molecule has 0 fully saturated rings. The molecule has 0 bridgehead atoms. The van der Waals surface area contributed by atoms with E-state index < -0.39 is 0 Å². The van der Waals surface area contributed by atoms with Crippen LogP contribution in [0.1, 0.15) is 17.5 Å².